The van der Waals surface area contributed by atoms with Crippen LogP contribution in [-0.2, 0) is 32.0 Å². The lowest BCUT2D eigenvalue weighted by Gasteiger charge is -2.20. The van der Waals surface area contributed by atoms with Gasteiger partial charge in [0.2, 0.25) is 0 Å². The lowest BCUT2D eigenvalue weighted by Crippen LogP contribution is -2.16. The van der Waals surface area contributed by atoms with Crippen LogP contribution in [0, 0.1) is 13.8 Å². The van der Waals surface area contributed by atoms with Gasteiger partial charge in [-0.1, -0.05) is 212 Å². The Morgan fingerprint density at radius 1 is 0.241 bits per heavy atom. The van der Waals surface area contributed by atoms with Gasteiger partial charge in [0.15, 0.2) is 0 Å². The number of fused-ring (bicyclic) bond motifs is 2. The van der Waals surface area contributed by atoms with Crippen molar-refractivity contribution in [3.05, 3.63) is 234 Å². The molecule has 0 aromatic heterocycles. The minimum absolute atomic E-state index is 0.259. The molecule has 0 aliphatic rings. The summed E-state index contributed by atoms with van der Waals surface area (Å²) in [5, 5.41) is 2.51. The molecule has 0 N–H and O–H groups in total. The highest BCUT2D eigenvalue weighted by atomic mass is 16.6. The van der Waals surface area contributed by atoms with Gasteiger partial charge in [-0.3, -0.25) is 19.2 Å². The molecule has 0 unspecified atom stereocenters. The monoisotopic (exact) mass is 1470 g/mol. The second kappa shape index (κ2) is 51.1. The summed E-state index contributed by atoms with van der Waals surface area (Å²) < 4.78 is 24.4. The van der Waals surface area contributed by atoms with Gasteiger partial charge >= 0.3 is 23.9 Å². The van der Waals surface area contributed by atoms with E-state index in [1.807, 2.05) is 62.4 Å². The van der Waals surface area contributed by atoms with E-state index in [4.69, 9.17) is 18.9 Å². The van der Waals surface area contributed by atoms with Crippen molar-refractivity contribution in [2.45, 2.75) is 318 Å². The summed E-state index contributed by atoms with van der Waals surface area (Å²) in [7, 11) is 0. The summed E-state index contributed by atoms with van der Waals surface area (Å²) in [4.78, 5) is 53.5. The Balaban J connectivity index is 1.36. The van der Waals surface area contributed by atoms with Crippen LogP contribution in [0.4, 0.5) is 0 Å². The highest BCUT2D eigenvalue weighted by Crippen LogP contribution is 2.44. The largest absolute Gasteiger partial charge is 0.426 e. The van der Waals surface area contributed by atoms with E-state index in [2.05, 4.69) is 196 Å². The van der Waals surface area contributed by atoms with Gasteiger partial charge in [0, 0.05) is 46.5 Å². The fourth-order valence-electron chi connectivity index (χ4n) is 13.3. The molecular formula is C100H138O8. The van der Waals surface area contributed by atoms with Gasteiger partial charge in [-0.2, -0.15) is 0 Å². The SMILES string of the molecule is CC(=O)Oc1c(C)c(C/C=C(\C)CC/C=C(\C)CC/C=C(\C)CC/C=C(\C)CC/C=C(\C)CC/C=C(\C)CCC=C(C)C)c(OC(=O)CCC(=O)Oc2c(C/C=C(\C)CC/C=C(\C)CC/C=C(\C)CC/C=C(\C)CC/C=C(\C)CC/C=C(\C)CCC=C(C)C)c(C)c(OC(C)=O)c3ccccc23)c2ccccc12. The Morgan fingerprint density at radius 3 is 0.620 bits per heavy atom. The van der Waals surface area contributed by atoms with E-state index in [0.717, 1.165) is 165 Å². The van der Waals surface area contributed by atoms with Crippen LogP contribution in [-0.4, -0.2) is 23.9 Å². The van der Waals surface area contributed by atoms with Crippen molar-refractivity contribution in [2.75, 3.05) is 0 Å². The normalized spacial score (nSPS) is 13.6. The van der Waals surface area contributed by atoms with E-state index in [1.165, 1.54) is 91.9 Å². The molecule has 0 spiro atoms. The maximum Gasteiger partial charge on any atom is 0.311 e. The molecular weight excluding hydrogens is 1330 g/mol. The third-order valence-electron chi connectivity index (χ3n) is 20.2. The van der Waals surface area contributed by atoms with Crippen LogP contribution in [0.25, 0.3) is 21.5 Å². The standard InChI is InChI=1S/C100H138O8/c1-71(2)37-25-39-73(5)41-27-43-75(7)45-29-47-77(9)49-31-51-79(11)53-33-55-81(13)57-35-59-83(15)65-67-89-85(17)97(105-87(19)101)91-61-21-23-63-93(91)99(89)107-95(103)69-70-96(104)108-100-90(86(18)98(106-88(20)102)92-62-22-24-64-94(92)100)68-66-84(16)60-36-58-82(14)56-34-54-80(12)52-32-50-78(10)48-30-46-76(8)44-28-42-74(6)40-26-38-72(3)4/h21-24,37-38,41-42,45-46,49-50,53-54,57-58,61-66H,25-36,39-40,43-44,47-48,51-52,55-56,59-60,67-70H2,1-20H3/b73-41+,74-42+,75-45+,76-46+,77-49+,78-50+,79-53+,80-54+,81-57+,82-58+,83-65+,84-66+. The average Bonchev–Trinajstić information content (AvgIpc) is 0.771. The fourth-order valence-corrected chi connectivity index (χ4v) is 13.3. The van der Waals surface area contributed by atoms with Gasteiger partial charge in [0.05, 0.1) is 12.8 Å². The maximum absolute atomic E-state index is 14.2. The molecule has 586 valence electrons. The van der Waals surface area contributed by atoms with E-state index >= 15 is 0 Å². The lowest BCUT2D eigenvalue weighted by molar-refractivity contribution is -0.140. The molecule has 0 amide bonds. The lowest BCUT2D eigenvalue weighted by atomic mass is 9.95. The summed E-state index contributed by atoms with van der Waals surface area (Å²) >= 11 is 0. The molecule has 8 heteroatoms. The summed E-state index contributed by atoms with van der Waals surface area (Å²) in [5.74, 6) is -0.534. The molecule has 4 aromatic rings. The van der Waals surface area contributed by atoms with Crippen molar-refractivity contribution in [1.29, 1.82) is 0 Å². The van der Waals surface area contributed by atoms with E-state index in [1.54, 1.807) is 0 Å². The first-order chi connectivity index (χ1) is 51.5. The van der Waals surface area contributed by atoms with Crippen molar-refractivity contribution < 1.29 is 38.1 Å². The van der Waals surface area contributed by atoms with Crippen molar-refractivity contribution in [3.8, 4) is 23.0 Å². The van der Waals surface area contributed by atoms with Crippen LogP contribution >= 0.6 is 0 Å². The minimum atomic E-state index is -0.605. The minimum Gasteiger partial charge on any atom is -0.426 e. The number of benzene rings is 4. The van der Waals surface area contributed by atoms with E-state index in [-0.39, 0.29) is 12.8 Å². The highest BCUT2D eigenvalue weighted by molar-refractivity contribution is 6.00. The van der Waals surface area contributed by atoms with Crippen molar-refractivity contribution in [2.24, 2.45) is 0 Å². The van der Waals surface area contributed by atoms with Gasteiger partial charge in [-0.25, -0.2) is 0 Å². The Labute approximate surface area is 654 Å². The van der Waals surface area contributed by atoms with Gasteiger partial charge in [-0.15, -0.1) is 0 Å². The summed E-state index contributed by atoms with van der Waals surface area (Å²) in [5.41, 5.74) is 22.5. The zero-order valence-electron chi connectivity index (χ0n) is 70.8. The molecule has 0 heterocycles. The molecule has 4 rings (SSSR count). The second-order valence-corrected chi connectivity index (χ2v) is 31.3. The van der Waals surface area contributed by atoms with E-state index < -0.39 is 23.9 Å². The Bertz CT molecular complexity index is 3830. The Kier molecular flexibility index (Phi) is 43.6. The molecule has 108 heavy (non-hydrogen) atoms. The number of carbonyl (C=O) groups excluding carboxylic acids is 4. The summed E-state index contributed by atoms with van der Waals surface area (Å²) in [6.07, 6.45) is 58.7. The summed E-state index contributed by atoms with van der Waals surface area (Å²) in [6.45, 7) is 42.0. The van der Waals surface area contributed by atoms with Crippen LogP contribution < -0.4 is 18.9 Å². The molecule has 0 saturated heterocycles. The van der Waals surface area contributed by atoms with Crippen LogP contribution in [0.15, 0.2) is 212 Å². The van der Waals surface area contributed by atoms with Crippen LogP contribution in [0.2, 0.25) is 0 Å². The summed E-state index contributed by atoms with van der Waals surface area (Å²) in [6, 6.07) is 14.9. The van der Waals surface area contributed by atoms with Gasteiger partial charge in [-0.05, 0) is 303 Å². The second-order valence-electron chi connectivity index (χ2n) is 31.3. The van der Waals surface area contributed by atoms with Crippen LogP contribution in [0.5, 0.6) is 23.0 Å². The molecule has 0 atom stereocenters. The first-order valence-corrected chi connectivity index (χ1v) is 40.5. The molecule has 0 aliphatic heterocycles. The predicted octanol–water partition coefficient (Wildman–Crippen LogP) is 29.5. The third-order valence-corrected chi connectivity index (χ3v) is 20.2. The topological polar surface area (TPSA) is 105 Å². The zero-order valence-corrected chi connectivity index (χ0v) is 70.8. The molecule has 0 bridgehead atoms. The molecule has 0 fully saturated rings. The number of hydrogen-bond acceptors (Lipinski definition) is 8. The van der Waals surface area contributed by atoms with Crippen molar-refractivity contribution in [3.63, 3.8) is 0 Å². The van der Waals surface area contributed by atoms with E-state index in [0.29, 0.717) is 68.5 Å². The van der Waals surface area contributed by atoms with E-state index in [9.17, 15) is 19.2 Å². The number of allylic oxidation sites excluding steroid dienone is 28. The molecule has 0 radical (unpaired) electrons. The molecule has 4 aromatic carbocycles. The first kappa shape index (κ1) is 92.0. The number of hydrogen-bond donors (Lipinski definition) is 0. The zero-order chi connectivity index (χ0) is 79.5. The van der Waals surface area contributed by atoms with Crippen LogP contribution in [0.3, 0.4) is 0 Å². The van der Waals surface area contributed by atoms with Gasteiger partial charge < -0.3 is 18.9 Å². The molecule has 0 saturated carbocycles. The Hall–Kier alpha value is -8.36. The van der Waals surface area contributed by atoms with Gasteiger partial charge in [0.25, 0.3) is 0 Å². The number of ether oxygens (including phenoxy) is 4. The third kappa shape index (κ3) is 37.2. The maximum atomic E-state index is 14.2. The van der Waals surface area contributed by atoms with Crippen LogP contribution in [0.1, 0.15) is 314 Å². The number of esters is 4. The number of carbonyl (C=O) groups is 4. The predicted molar refractivity (Wildman–Crippen MR) is 463 cm³/mol. The smallest absolute Gasteiger partial charge is 0.311 e. The molecule has 8 nitrogen and oxygen atoms in total. The molecule has 0 aliphatic carbocycles. The fraction of sp³-hybridized carbons (Fsp3) is 0.480. The average molecular weight is 1470 g/mol. The van der Waals surface area contributed by atoms with Gasteiger partial charge in [0.1, 0.15) is 23.0 Å². The van der Waals surface area contributed by atoms with Crippen molar-refractivity contribution >= 4 is 45.4 Å². The highest BCUT2D eigenvalue weighted by Gasteiger charge is 2.25. The quantitative estimate of drug-likeness (QED) is 0.0245. The first-order valence-electron chi connectivity index (χ1n) is 40.5. The number of rotatable bonds is 47. The Morgan fingerprint density at radius 2 is 0.426 bits per heavy atom. The van der Waals surface area contributed by atoms with Crippen molar-refractivity contribution in [1.82, 2.24) is 0 Å².